The van der Waals surface area contributed by atoms with E-state index < -0.39 is 0 Å². The normalized spacial score (nSPS) is 16.9. The van der Waals surface area contributed by atoms with Crippen LogP contribution >= 0.6 is 11.3 Å². The molecule has 1 fully saturated rings. The second-order valence-corrected chi connectivity index (χ2v) is 7.19. The highest BCUT2D eigenvalue weighted by molar-refractivity contribution is 7.15. The Morgan fingerprint density at radius 3 is 2.67 bits per heavy atom. The van der Waals surface area contributed by atoms with Crippen LogP contribution < -0.4 is 10.2 Å². The zero-order chi connectivity index (χ0) is 15.2. The van der Waals surface area contributed by atoms with Crippen molar-refractivity contribution in [1.29, 1.82) is 0 Å². The van der Waals surface area contributed by atoms with Crippen LogP contribution in [0.2, 0.25) is 0 Å². The van der Waals surface area contributed by atoms with Gasteiger partial charge in [-0.2, -0.15) is 0 Å². The Balaban J connectivity index is 2.03. The SMILES string of the molecule is CCNCc1sc(N2CCC(COC)CC2)nc1C(C)C. The molecule has 0 radical (unpaired) electrons. The largest absolute Gasteiger partial charge is 0.384 e. The van der Waals surface area contributed by atoms with E-state index in [2.05, 4.69) is 31.0 Å². The third kappa shape index (κ3) is 4.41. The third-order valence-corrected chi connectivity index (χ3v) is 5.22. The van der Waals surface area contributed by atoms with E-state index in [1.807, 2.05) is 11.3 Å². The van der Waals surface area contributed by atoms with Crippen LogP contribution in [0.15, 0.2) is 0 Å². The molecule has 2 heterocycles. The zero-order valence-electron chi connectivity index (χ0n) is 13.8. The molecular weight excluding hydrogens is 282 g/mol. The summed E-state index contributed by atoms with van der Waals surface area (Å²) in [6.45, 7) is 11.7. The van der Waals surface area contributed by atoms with Gasteiger partial charge < -0.3 is 15.0 Å². The molecule has 1 saturated heterocycles. The number of hydrogen-bond acceptors (Lipinski definition) is 5. The lowest BCUT2D eigenvalue weighted by Crippen LogP contribution is -2.34. The topological polar surface area (TPSA) is 37.4 Å². The average molecular weight is 311 g/mol. The number of methoxy groups -OCH3 is 1. The van der Waals surface area contributed by atoms with Gasteiger partial charge in [0.15, 0.2) is 5.13 Å². The van der Waals surface area contributed by atoms with Gasteiger partial charge in [0, 0.05) is 38.2 Å². The first-order chi connectivity index (χ1) is 10.2. The maximum atomic E-state index is 5.28. The van der Waals surface area contributed by atoms with Gasteiger partial charge in [-0.25, -0.2) is 4.98 Å². The molecule has 0 aromatic carbocycles. The molecule has 1 aliphatic rings. The number of ether oxygens (including phenoxy) is 1. The van der Waals surface area contributed by atoms with Gasteiger partial charge in [-0.3, -0.25) is 0 Å². The van der Waals surface area contributed by atoms with Crippen molar-refractivity contribution in [2.24, 2.45) is 5.92 Å². The van der Waals surface area contributed by atoms with Crippen LogP contribution in [0.25, 0.3) is 0 Å². The fraction of sp³-hybridized carbons (Fsp3) is 0.812. The first-order valence-corrected chi connectivity index (χ1v) is 8.91. The van der Waals surface area contributed by atoms with Crippen LogP contribution in [0.5, 0.6) is 0 Å². The lowest BCUT2D eigenvalue weighted by Gasteiger charge is -2.31. The molecular formula is C16H29N3OS. The summed E-state index contributed by atoms with van der Waals surface area (Å²) in [7, 11) is 1.80. The molecule has 0 amide bonds. The predicted octanol–water partition coefficient (Wildman–Crippen LogP) is 3.24. The smallest absolute Gasteiger partial charge is 0.185 e. The van der Waals surface area contributed by atoms with Crippen molar-refractivity contribution in [3.8, 4) is 0 Å². The fourth-order valence-corrected chi connectivity index (χ4v) is 4.07. The zero-order valence-corrected chi connectivity index (χ0v) is 14.6. The molecule has 0 unspecified atom stereocenters. The summed E-state index contributed by atoms with van der Waals surface area (Å²) in [5.74, 6) is 1.21. The number of aromatic nitrogens is 1. The van der Waals surface area contributed by atoms with E-state index in [1.165, 1.54) is 28.5 Å². The standard InChI is InChI=1S/C16H29N3OS/c1-5-17-10-14-15(12(2)3)18-16(21-14)19-8-6-13(7-9-19)11-20-4/h12-13,17H,5-11H2,1-4H3. The number of piperidine rings is 1. The highest BCUT2D eigenvalue weighted by atomic mass is 32.1. The van der Waals surface area contributed by atoms with Crippen molar-refractivity contribution >= 4 is 16.5 Å². The summed E-state index contributed by atoms with van der Waals surface area (Å²) in [5, 5.41) is 4.65. The molecule has 5 heteroatoms. The second-order valence-electron chi connectivity index (χ2n) is 6.13. The van der Waals surface area contributed by atoms with Gasteiger partial charge in [-0.05, 0) is 31.2 Å². The Labute approximate surface area is 132 Å². The average Bonchev–Trinajstić information content (AvgIpc) is 2.90. The van der Waals surface area contributed by atoms with Crippen LogP contribution in [0.3, 0.4) is 0 Å². The van der Waals surface area contributed by atoms with Crippen LogP contribution in [0.1, 0.15) is 50.1 Å². The maximum Gasteiger partial charge on any atom is 0.185 e. The summed E-state index contributed by atoms with van der Waals surface area (Å²) >= 11 is 1.87. The van der Waals surface area contributed by atoms with E-state index in [0.717, 1.165) is 38.7 Å². The summed E-state index contributed by atoms with van der Waals surface area (Å²) in [5.41, 5.74) is 1.27. The van der Waals surface area contributed by atoms with Crippen molar-refractivity contribution in [1.82, 2.24) is 10.3 Å². The quantitative estimate of drug-likeness (QED) is 0.839. The molecule has 120 valence electrons. The minimum absolute atomic E-state index is 0.495. The van der Waals surface area contributed by atoms with Crippen LogP contribution in [-0.2, 0) is 11.3 Å². The minimum atomic E-state index is 0.495. The Morgan fingerprint density at radius 2 is 2.10 bits per heavy atom. The van der Waals surface area contributed by atoms with Crippen molar-refractivity contribution < 1.29 is 4.74 Å². The van der Waals surface area contributed by atoms with Gasteiger partial charge in [0.1, 0.15) is 0 Å². The second kappa shape index (κ2) is 8.11. The van der Waals surface area contributed by atoms with Crippen LogP contribution in [0, 0.1) is 5.92 Å². The Kier molecular flexibility index (Phi) is 6.45. The summed E-state index contributed by atoms with van der Waals surface area (Å²) in [6, 6.07) is 0. The molecule has 1 aromatic heterocycles. The van der Waals surface area contributed by atoms with Gasteiger partial charge in [-0.1, -0.05) is 20.8 Å². The molecule has 0 aliphatic carbocycles. The van der Waals surface area contributed by atoms with E-state index in [-0.39, 0.29) is 0 Å². The molecule has 1 aromatic rings. The number of nitrogens with zero attached hydrogens (tertiary/aromatic N) is 2. The van der Waals surface area contributed by atoms with Gasteiger partial charge >= 0.3 is 0 Å². The fourth-order valence-electron chi connectivity index (χ4n) is 2.83. The van der Waals surface area contributed by atoms with Gasteiger partial charge in [0.2, 0.25) is 0 Å². The van der Waals surface area contributed by atoms with Crippen LogP contribution in [0.4, 0.5) is 5.13 Å². The maximum absolute atomic E-state index is 5.28. The molecule has 4 nitrogen and oxygen atoms in total. The molecule has 0 spiro atoms. The predicted molar refractivity (Wildman–Crippen MR) is 90.4 cm³/mol. The molecule has 0 bridgehead atoms. The first kappa shape index (κ1) is 16.7. The van der Waals surface area contributed by atoms with Crippen LogP contribution in [-0.4, -0.2) is 38.3 Å². The van der Waals surface area contributed by atoms with E-state index in [0.29, 0.717) is 5.92 Å². The lowest BCUT2D eigenvalue weighted by molar-refractivity contribution is 0.139. The van der Waals surface area contributed by atoms with E-state index >= 15 is 0 Å². The number of hydrogen-bond donors (Lipinski definition) is 1. The van der Waals surface area contributed by atoms with Gasteiger partial charge in [0.05, 0.1) is 5.69 Å². The highest BCUT2D eigenvalue weighted by Gasteiger charge is 2.23. The summed E-state index contributed by atoms with van der Waals surface area (Å²) in [4.78, 5) is 8.79. The monoisotopic (exact) mass is 311 g/mol. The first-order valence-electron chi connectivity index (χ1n) is 8.09. The Morgan fingerprint density at radius 1 is 1.38 bits per heavy atom. The molecule has 21 heavy (non-hydrogen) atoms. The number of nitrogens with one attached hydrogen (secondary N) is 1. The highest BCUT2D eigenvalue weighted by Crippen LogP contribution is 2.33. The third-order valence-electron chi connectivity index (χ3n) is 4.09. The summed E-state index contributed by atoms with van der Waals surface area (Å²) in [6.07, 6.45) is 2.43. The number of rotatable bonds is 7. The Bertz CT molecular complexity index is 425. The van der Waals surface area contributed by atoms with Gasteiger partial charge in [-0.15, -0.1) is 11.3 Å². The van der Waals surface area contributed by atoms with E-state index in [9.17, 15) is 0 Å². The molecule has 0 saturated carbocycles. The molecule has 2 rings (SSSR count). The van der Waals surface area contributed by atoms with E-state index in [1.54, 1.807) is 7.11 Å². The molecule has 1 aliphatic heterocycles. The molecule has 0 atom stereocenters. The van der Waals surface area contributed by atoms with Crippen molar-refractivity contribution in [2.45, 2.75) is 46.1 Å². The van der Waals surface area contributed by atoms with Gasteiger partial charge in [0.25, 0.3) is 0 Å². The van der Waals surface area contributed by atoms with Crippen molar-refractivity contribution in [2.75, 3.05) is 38.3 Å². The van der Waals surface area contributed by atoms with Crippen molar-refractivity contribution in [3.63, 3.8) is 0 Å². The lowest BCUT2D eigenvalue weighted by atomic mass is 9.98. The van der Waals surface area contributed by atoms with E-state index in [4.69, 9.17) is 9.72 Å². The minimum Gasteiger partial charge on any atom is -0.384 e. The molecule has 1 N–H and O–H groups in total. The number of thiazole rings is 1. The number of anilines is 1. The summed E-state index contributed by atoms with van der Waals surface area (Å²) < 4.78 is 5.28. The Hall–Kier alpha value is -0.650. The van der Waals surface area contributed by atoms with Crippen molar-refractivity contribution in [3.05, 3.63) is 10.6 Å².